The highest BCUT2D eigenvalue weighted by atomic mass is 32.2. The SMILES string of the molecule is CC(C)(C)OC(=O)NCC(=O)Nc1ccc(Sc2ccc([N+](=O)[O-])cc2)cc1. The zero-order valence-electron chi connectivity index (χ0n) is 15.7. The summed E-state index contributed by atoms with van der Waals surface area (Å²) in [5.74, 6) is -0.373. The lowest BCUT2D eigenvalue weighted by Gasteiger charge is -2.19. The van der Waals surface area contributed by atoms with Gasteiger partial charge >= 0.3 is 6.09 Å². The summed E-state index contributed by atoms with van der Waals surface area (Å²) in [5, 5.41) is 15.7. The first-order valence-corrected chi connectivity index (χ1v) is 9.23. The Morgan fingerprint density at radius 1 is 1.04 bits per heavy atom. The molecule has 2 aromatic rings. The van der Waals surface area contributed by atoms with Crippen LogP contribution in [0.5, 0.6) is 0 Å². The van der Waals surface area contributed by atoms with Crippen molar-refractivity contribution in [1.29, 1.82) is 0 Å². The first-order valence-electron chi connectivity index (χ1n) is 8.41. The fraction of sp³-hybridized carbons (Fsp3) is 0.263. The molecule has 0 fully saturated rings. The molecule has 0 unspecified atom stereocenters. The van der Waals surface area contributed by atoms with Gasteiger partial charge in [-0.25, -0.2) is 4.79 Å². The summed E-state index contributed by atoms with van der Waals surface area (Å²) in [6, 6.07) is 13.4. The molecule has 148 valence electrons. The number of hydrogen-bond acceptors (Lipinski definition) is 6. The molecule has 28 heavy (non-hydrogen) atoms. The third-order valence-electron chi connectivity index (χ3n) is 3.21. The topological polar surface area (TPSA) is 111 Å². The number of nitro groups is 1. The van der Waals surface area contributed by atoms with Gasteiger partial charge in [-0.05, 0) is 57.2 Å². The predicted octanol–water partition coefficient (Wildman–Crippen LogP) is 4.21. The van der Waals surface area contributed by atoms with Crippen molar-refractivity contribution in [2.24, 2.45) is 0 Å². The van der Waals surface area contributed by atoms with E-state index in [-0.39, 0.29) is 18.1 Å². The number of hydrogen-bond donors (Lipinski definition) is 2. The number of amides is 2. The van der Waals surface area contributed by atoms with Gasteiger partial charge in [-0.1, -0.05) is 11.8 Å². The van der Waals surface area contributed by atoms with Crippen molar-refractivity contribution in [3.63, 3.8) is 0 Å². The van der Waals surface area contributed by atoms with Gasteiger partial charge in [0.15, 0.2) is 0 Å². The van der Waals surface area contributed by atoms with Gasteiger partial charge in [0.2, 0.25) is 5.91 Å². The van der Waals surface area contributed by atoms with Crippen molar-refractivity contribution in [3.8, 4) is 0 Å². The van der Waals surface area contributed by atoms with Gasteiger partial charge in [0.1, 0.15) is 12.1 Å². The maximum absolute atomic E-state index is 11.9. The van der Waals surface area contributed by atoms with Crippen LogP contribution in [-0.2, 0) is 9.53 Å². The second-order valence-corrected chi connectivity index (χ2v) is 7.93. The van der Waals surface area contributed by atoms with Crippen LogP contribution in [0.4, 0.5) is 16.2 Å². The average molecular weight is 403 g/mol. The highest BCUT2D eigenvalue weighted by Gasteiger charge is 2.16. The van der Waals surface area contributed by atoms with E-state index in [1.807, 2.05) is 12.1 Å². The summed E-state index contributed by atoms with van der Waals surface area (Å²) in [6.45, 7) is 5.02. The van der Waals surface area contributed by atoms with Gasteiger partial charge < -0.3 is 15.4 Å². The standard InChI is InChI=1S/C19H21N3O5S/c1-19(2,3)27-18(24)20-12-17(23)21-13-4-8-15(9-5-13)28-16-10-6-14(7-11-16)22(25)26/h4-11H,12H2,1-3H3,(H,20,24)(H,21,23). The van der Waals surface area contributed by atoms with Crippen LogP contribution >= 0.6 is 11.8 Å². The number of nitro benzene ring substituents is 1. The molecule has 0 heterocycles. The van der Waals surface area contributed by atoms with Crippen molar-refractivity contribution < 1.29 is 19.2 Å². The molecular formula is C19H21N3O5S. The summed E-state index contributed by atoms with van der Waals surface area (Å²) >= 11 is 1.45. The lowest BCUT2D eigenvalue weighted by atomic mass is 10.2. The monoisotopic (exact) mass is 403 g/mol. The zero-order valence-corrected chi connectivity index (χ0v) is 16.5. The Bertz CT molecular complexity index is 845. The first-order chi connectivity index (χ1) is 13.1. The number of nitrogens with zero attached hydrogens (tertiary/aromatic N) is 1. The van der Waals surface area contributed by atoms with E-state index in [0.717, 1.165) is 9.79 Å². The smallest absolute Gasteiger partial charge is 0.408 e. The van der Waals surface area contributed by atoms with Crippen LogP contribution in [0.25, 0.3) is 0 Å². The van der Waals surface area contributed by atoms with Crippen LogP contribution in [0.3, 0.4) is 0 Å². The number of carbonyl (C=O) groups is 2. The Hall–Kier alpha value is -3.07. The fourth-order valence-electron chi connectivity index (χ4n) is 2.05. The molecule has 0 radical (unpaired) electrons. The number of benzene rings is 2. The second-order valence-electron chi connectivity index (χ2n) is 6.78. The first kappa shape index (κ1) is 21.2. The number of non-ortho nitro benzene ring substituents is 1. The molecule has 0 spiro atoms. The second kappa shape index (κ2) is 9.23. The van der Waals surface area contributed by atoms with Gasteiger partial charge in [0.05, 0.1) is 4.92 Å². The molecule has 8 nitrogen and oxygen atoms in total. The van der Waals surface area contributed by atoms with Gasteiger partial charge in [-0.3, -0.25) is 14.9 Å². The van der Waals surface area contributed by atoms with Crippen molar-refractivity contribution in [1.82, 2.24) is 5.32 Å². The highest BCUT2D eigenvalue weighted by molar-refractivity contribution is 7.99. The van der Waals surface area contributed by atoms with Crippen LogP contribution in [0.1, 0.15) is 20.8 Å². The zero-order chi connectivity index (χ0) is 20.7. The van der Waals surface area contributed by atoms with E-state index in [1.54, 1.807) is 45.0 Å². The molecule has 0 aliphatic heterocycles. The van der Waals surface area contributed by atoms with Crippen molar-refractivity contribution in [3.05, 3.63) is 58.6 Å². The van der Waals surface area contributed by atoms with Crippen molar-refractivity contribution in [2.45, 2.75) is 36.2 Å². The van der Waals surface area contributed by atoms with E-state index < -0.39 is 16.6 Å². The molecule has 2 rings (SSSR count). The molecule has 0 saturated heterocycles. The van der Waals surface area contributed by atoms with E-state index in [1.165, 1.54) is 23.9 Å². The van der Waals surface area contributed by atoms with E-state index >= 15 is 0 Å². The molecule has 0 aliphatic rings. The molecule has 0 saturated carbocycles. The minimum Gasteiger partial charge on any atom is -0.444 e. The van der Waals surface area contributed by atoms with Crippen molar-refractivity contribution >= 4 is 35.1 Å². The molecule has 0 aliphatic carbocycles. The number of carbonyl (C=O) groups excluding carboxylic acids is 2. The molecular weight excluding hydrogens is 382 g/mol. The largest absolute Gasteiger partial charge is 0.444 e. The number of rotatable bonds is 6. The minimum absolute atomic E-state index is 0.0439. The van der Waals surface area contributed by atoms with E-state index in [4.69, 9.17) is 4.74 Å². The number of alkyl carbamates (subject to hydrolysis) is 1. The van der Waals surface area contributed by atoms with Gasteiger partial charge in [0, 0.05) is 27.6 Å². The van der Waals surface area contributed by atoms with E-state index in [9.17, 15) is 19.7 Å². The highest BCUT2D eigenvalue weighted by Crippen LogP contribution is 2.29. The van der Waals surface area contributed by atoms with Crippen LogP contribution in [0, 0.1) is 10.1 Å². The van der Waals surface area contributed by atoms with Crippen LogP contribution in [0.2, 0.25) is 0 Å². The minimum atomic E-state index is -0.655. The summed E-state index contributed by atoms with van der Waals surface area (Å²) in [5.41, 5.74) is 0.00371. The number of ether oxygens (including phenoxy) is 1. The van der Waals surface area contributed by atoms with E-state index in [2.05, 4.69) is 10.6 Å². The van der Waals surface area contributed by atoms with Crippen LogP contribution < -0.4 is 10.6 Å². The Labute approximate surface area is 166 Å². The Morgan fingerprint density at radius 2 is 1.57 bits per heavy atom. The average Bonchev–Trinajstić information content (AvgIpc) is 2.61. The molecule has 2 amide bonds. The van der Waals surface area contributed by atoms with Gasteiger partial charge in [-0.2, -0.15) is 0 Å². The molecule has 2 N–H and O–H groups in total. The number of anilines is 1. The number of nitrogens with one attached hydrogen (secondary N) is 2. The molecule has 2 aromatic carbocycles. The molecule has 9 heteroatoms. The van der Waals surface area contributed by atoms with Gasteiger partial charge in [0.25, 0.3) is 5.69 Å². The summed E-state index contributed by atoms with van der Waals surface area (Å²) in [6.07, 6.45) is -0.655. The fourth-order valence-corrected chi connectivity index (χ4v) is 2.87. The van der Waals surface area contributed by atoms with Crippen molar-refractivity contribution in [2.75, 3.05) is 11.9 Å². The van der Waals surface area contributed by atoms with Crippen LogP contribution in [0.15, 0.2) is 58.3 Å². The summed E-state index contributed by atoms with van der Waals surface area (Å²) in [4.78, 5) is 35.5. The summed E-state index contributed by atoms with van der Waals surface area (Å²) < 4.78 is 5.06. The molecule has 0 atom stereocenters. The third-order valence-corrected chi connectivity index (χ3v) is 4.23. The molecule has 0 bridgehead atoms. The Balaban J connectivity index is 1.84. The van der Waals surface area contributed by atoms with Gasteiger partial charge in [-0.15, -0.1) is 0 Å². The summed E-state index contributed by atoms with van der Waals surface area (Å²) in [7, 11) is 0. The lowest BCUT2D eigenvalue weighted by Crippen LogP contribution is -2.37. The van der Waals surface area contributed by atoms with E-state index in [0.29, 0.717) is 5.69 Å². The maximum atomic E-state index is 11.9. The Morgan fingerprint density at radius 3 is 2.07 bits per heavy atom. The predicted molar refractivity (Wildman–Crippen MR) is 107 cm³/mol. The lowest BCUT2D eigenvalue weighted by molar-refractivity contribution is -0.384. The quantitative estimate of drug-likeness (QED) is 0.552. The maximum Gasteiger partial charge on any atom is 0.408 e. The van der Waals surface area contributed by atoms with Crippen LogP contribution in [-0.4, -0.2) is 29.1 Å². The molecule has 0 aromatic heterocycles. The normalized spacial score (nSPS) is 10.8. The Kier molecular flexibility index (Phi) is 7.00. The third kappa shape index (κ3) is 7.28.